The van der Waals surface area contributed by atoms with Gasteiger partial charge in [-0.25, -0.2) is 5.43 Å². The van der Waals surface area contributed by atoms with Gasteiger partial charge in [0.25, 0.3) is 0 Å². The molecule has 4 rings (SSSR count). The van der Waals surface area contributed by atoms with E-state index < -0.39 is 0 Å². The summed E-state index contributed by atoms with van der Waals surface area (Å²) in [5.74, 6) is 0.136. The lowest BCUT2D eigenvalue weighted by atomic mass is 10.1. The number of benzene rings is 1. The van der Waals surface area contributed by atoms with Gasteiger partial charge in [-0.05, 0) is 18.2 Å². The van der Waals surface area contributed by atoms with Crippen LogP contribution >= 0.6 is 0 Å². The molecule has 4 aromatic rings. The Labute approximate surface area is 141 Å². The molecule has 124 valence electrons. The molecule has 3 heterocycles. The van der Waals surface area contributed by atoms with Gasteiger partial charge in [0.15, 0.2) is 0 Å². The lowest BCUT2D eigenvalue weighted by Crippen LogP contribution is -2.31. The second-order valence-corrected chi connectivity index (χ2v) is 5.23. The number of hydrogen-bond acceptors (Lipinski definition) is 7. The van der Waals surface area contributed by atoms with E-state index in [1.54, 1.807) is 24.5 Å². The molecule has 0 aliphatic heterocycles. The van der Waals surface area contributed by atoms with E-state index in [0.29, 0.717) is 5.82 Å². The molecular formula is C16H13N7O2. The van der Waals surface area contributed by atoms with E-state index in [-0.39, 0.29) is 18.3 Å². The fraction of sp³-hybridized carbons (Fsp3) is 0.0625. The van der Waals surface area contributed by atoms with Crippen molar-refractivity contribution in [3.63, 3.8) is 0 Å². The van der Waals surface area contributed by atoms with Crippen molar-refractivity contribution in [3.8, 4) is 11.4 Å². The van der Waals surface area contributed by atoms with Gasteiger partial charge in [0.05, 0.1) is 17.6 Å². The van der Waals surface area contributed by atoms with Gasteiger partial charge in [-0.15, -0.1) is 0 Å². The third-order valence-electron chi connectivity index (χ3n) is 3.55. The highest BCUT2D eigenvalue weighted by Gasteiger charge is 2.12. The van der Waals surface area contributed by atoms with Crippen molar-refractivity contribution in [1.29, 1.82) is 0 Å². The third kappa shape index (κ3) is 3.15. The van der Waals surface area contributed by atoms with E-state index in [0.717, 1.165) is 22.2 Å². The third-order valence-corrected chi connectivity index (χ3v) is 3.55. The minimum atomic E-state index is -0.266. The summed E-state index contributed by atoms with van der Waals surface area (Å²) in [5.41, 5.74) is 7.44. The largest absolute Gasteiger partial charge is 0.340 e. The average molecular weight is 335 g/mol. The first-order valence-electron chi connectivity index (χ1n) is 7.50. The zero-order chi connectivity index (χ0) is 17.1. The number of nitrogens with one attached hydrogen (secondary N) is 3. The Morgan fingerprint density at radius 3 is 2.88 bits per heavy atom. The molecule has 0 aliphatic rings. The van der Waals surface area contributed by atoms with Gasteiger partial charge in [-0.3, -0.25) is 20.3 Å². The number of rotatable bonds is 5. The molecule has 3 N–H and O–H groups in total. The van der Waals surface area contributed by atoms with Crippen molar-refractivity contribution in [1.82, 2.24) is 30.7 Å². The predicted molar refractivity (Wildman–Crippen MR) is 89.1 cm³/mol. The zero-order valence-corrected chi connectivity index (χ0v) is 12.9. The van der Waals surface area contributed by atoms with Gasteiger partial charge in [0.2, 0.25) is 11.7 Å². The molecule has 0 spiro atoms. The fourth-order valence-corrected chi connectivity index (χ4v) is 2.37. The Morgan fingerprint density at radius 2 is 2.00 bits per heavy atom. The number of carbonyl (C=O) groups excluding carboxylic acids is 1. The number of nitrogens with zero attached hydrogens (tertiary/aromatic N) is 4. The lowest BCUT2D eigenvalue weighted by Gasteiger charge is -2.03. The second kappa shape index (κ2) is 6.40. The molecule has 1 aromatic carbocycles. The highest BCUT2D eigenvalue weighted by atomic mass is 16.5. The van der Waals surface area contributed by atoms with Crippen LogP contribution < -0.4 is 10.9 Å². The SMILES string of the molecule is O=C(Cc1[nH]nc2ccccc12)NNc1nc(-c2ccncc2)no1. The number of aromatic nitrogens is 5. The Balaban J connectivity index is 1.38. The summed E-state index contributed by atoms with van der Waals surface area (Å²) < 4.78 is 5.05. The molecule has 0 radical (unpaired) electrons. The minimum Gasteiger partial charge on any atom is -0.313 e. The molecule has 3 aromatic heterocycles. The van der Waals surface area contributed by atoms with E-state index in [9.17, 15) is 4.79 Å². The lowest BCUT2D eigenvalue weighted by molar-refractivity contribution is -0.120. The van der Waals surface area contributed by atoms with E-state index in [2.05, 4.69) is 36.2 Å². The highest BCUT2D eigenvalue weighted by Crippen LogP contribution is 2.16. The molecule has 25 heavy (non-hydrogen) atoms. The quantitative estimate of drug-likeness (QED) is 0.474. The summed E-state index contributed by atoms with van der Waals surface area (Å²) in [7, 11) is 0. The van der Waals surface area contributed by atoms with Gasteiger partial charge >= 0.3 is 6.01 Å². The second-order valence-electron chi connectivity index (χ2n) is 5.23. The Bertz CT molecular complexity index is 1010. The molecular weight excluding hydrogens is 322 g/mol. The maximum Gasteiger partial charge on any atom is 0.340 e. The maximum atomic E-state index is 12.1. The van der Waals surface area contributed by atoms with Gasteiger partial charge < -0.3 is 4.52 Å². The number of amides is 1. The first-order chi connectivity index (χ1) is 12.3. The van der Waals surface area contributed by atoms with E-state index in [4.69, 9.17) is 4.52 Å². The summed E-state index contributed by atoms with van der Waals surface area (Å²) in [5, 5.41) is 11.8. The van der Waals surface area contributed by atoms with Gasteiger partial charge in [0.1, 0.15) is 0 Å². The number of pyridine rings is 1. The van der Waals surface area contributed by atoms with Crippen LogP contribution in [0.4, 0.5) is 6.01 Å². The summed E-state index contributed by atoms with van der Waals surface area (Å²) in [4.78, 5) is 20.2. The molecule has 9 nitrogen and oxygen atoms in total. The molecule has 9 heteroatoms. The number of para-hydroxylation sites is 1. The molecule has 0 atom stereocenters. The van der Waals surface area contributed by atoms with E-state index >= 15 is 0 Å². The first-order valence-corrected chi connectivity index (χ1v) is 7.50. The number of fused-ring (bicyclic) bond motifs is 1. The first kappa shape index (κ1) is 14.8. The number of aromatic amines is 1. The van der Waals surface area contributed by atoms with Crippen LogP contribution in [0.15, 0.2) is 53.3 Å². The monoisotopic (exact) mass is 335 g/mol. The van der Waals surface area contributed by atoms with Crippen LogP contribution in [0.25, 0.3) is 22.3 Å². The Morgan fingerprint density at radius 1 is 1.16 bits per heavy atom. The zero-order valence-electron chi connectivity index (χ0n) is 12.9. The van der Waals surface area contributed by atoms with Gasteiger partial charge in [-0.2, -0.15) is 10.1 Å². The molecule has 0 saturated heterocycles. The maximum absolute atomic E-state index is 12.1. The standard InChI is InChI=1S/C16H13N7O2/c24-14(9-13-11-3-1-2-4-12(11)19-20-13)21-22-16-18-15(23-25-16)10-5-7-17-8-6-10/h1-8H,9H2,(H,19,20)(H,21,24)(H,18,22,23). The summed E-state index contributed by atoms with van der Waals surface area (Å²) >= 11 is 0. The molecule has 1 amide bonds. The fourth-order valence-electron chi connectivity index (χ4n) is 2.37. The number of H-pyrrole nitrogens is 1. The van der Waals surface area contributed by atoms with Crippen LogP contribution in [0.2, 0.25) is 0 Å². The van der Waals surface area contributed by atoms with Crippen molar-refractivity contribution in [2.75, 3.05) is 5.43 Å². The molecule has 0 unspecified atom stereocenters. The van der Waals surface area contributed by atoms with Crippen molar-refractivity contribution in [2.24, 2.45) is 0 Å². The van der Waals surface area contributed by atoms with Crippen molar-refractivity contribution in [2.45, 2.75) is 6.42 Å². The van der Waals surface area contributed by atoms with Crippen LogP contribution in [0.5, 0.6) is 0 Å². The van der Waals surface area contributed by atoms with E-state index in [1.165, 1.54) is 0 Å². The van der Waals surface area contributed by atoms with Crippen LogP contribution in [-0.4, -0.2) is 31.2 Å². The number of hydrogen-bond donors (Lipinski definition) is 3. The smallest absolute Gasteiger partial charge is 0.313 e. The van der Waals surface area contributed by atoms with Crippen molar-refractivity contribution >= 4 is 22.8 Å². The van der Waals surface area contributed by atoms with Crippen LogP contribution in [0, 0.1) is 0 Å². The molecule has 0 aliphatic carbocycles. The van der Waals surface area contributed by atoms with Crippen molar-refractivity contribution in [3.05, 3.63) is 54.5 Å². The number of carbonyl (C=O) groups is 1. The van der Waals surface area contributed by atoms with E-state index in [1.807, 2.05) is 24.3 Å². The van der Waals surface area contributed by atoms with Gasteiger partial charge in [-0.1, -0.05) is 23.4 Å². The summed E-state index contributed by atoms with van der Waals surface area (Å²) in [6.45, 7) is 0. The summed E-state index contributed by atoms with van der Waals surface area (Å²) in [6.07, 6.45) is 3.41. The summed E-state index contributed by atoms with van der Waals surface area (Å²) in [6, 6.07) is 11.2. The highest BCUT2D eigenvalue weighted by molar-refractivity contribution is 5.87. The minimum absolute atomic E-state index is 0.0923. The Hall–Kier alpha value is -3.75. The number of hydrazine groups is 1. The van der Waals surface area contributed by atoms with Crippen LogP contribution in [-0.2, 0) is 11.2 Å². The predicted octanol–water partition coefficient (Wildman–Crippen LogP) is 1.69. The normalized spacial score (nSPS) is 10.7. The van der Waals surface area contributed by atoms with Gasteiger partial charge in [0, 0.05) is 23.3 Å². The van der Waals surface area contributed by atoms with Crippen LogP contribution in [0.1, 0.15) is 5.69 Å². The molecule has 0 saturated carbocycles. The Kier molecular flexibility index (Phi) is 3.79. The molecule has 0 fully saturated rings. The molecule has 0 bridgehead atoms. The van der Waals surface area contributed by atoms with Crippen LogP contribution in [0.3, 0.4) is 0 Å². The topological polar surface area (TPSA) is 122 Å². The van der Waals surface area contributed by atoms with Crippen molar-refractivity contribution < 1.29 is 9.32 Å². The number of anilines is 1. The average Bonchev–Trinajstić information content (AvgIpc) is 3.28.